The second kappa shape index (κ2) is 12.3. The van der Waals surface area contributed by atoms with Crippen LogP contribution in [0.5, 0.6) is 5.88 Å². The van der Waals surface area contributed by atoms with E-state index in [1.54, 1.807) is 13.3 Å². The number of anilines is 2. The highest BCUT2D eigenvalue weighted by molar-refractivity contribution is 6.30. The first-order valence-electron chi connectivity index (χ1n) is 13.3. The molecule has 3 heterocycles. The van der Waals surface area contributed by atoms with Crippen molar-refractivity contribution in [3.63, 3.8) is 0 Å². The van der Waals surface area contributed by atoms with E-state index in [-0.39, 0.29) is 6.04 Å². The maximum absolute atomic E-state index is 6.22. The Labute approximate surface area is 233 Å². The lowest BCUT2D eigenvalue weighted by molar-refractivity contribution is 0.0864. The van der Waals surface area contributed by atoms with Gasteiger partial charge in [-0.05, 0) is 73.5 Å². The van der Waals surface area contributed by atoms with Crippen LogP contribution in [0.3, 0.4) is 0 Å². The van der Waals surface area contributed by atoms with Crippen molar-refractivity contribution in [3.8, 4) is 23.0 Å². The molecule has 1 aliphatic carbocycles. The van der Waals surface area contributed by atoms with Crippen molar-refractivity contribution in [1.82, 2.24) is 14.5 Å². The summed E-state index contributed by atoms with van der Waals surface area (Å²) in [6.07, 6.45) is 3.49. The lowest BCUT2D eigenvalue weighted by Gasteiger charge is -2.22. The van der Waals surface area contributed by atoms with E-state index in [9.17, 15) is 0 Å². The third-order valence-corrected chi connectivity index (χ3v) is 6.78. The van der Waals surface area contributed by atoms with E-state index in [1.807, 2.05) is 68.4 Å². The van der Waals surface area contributed by atoms with Crippen molar-refractivity contribution in [1.29, 1.82) is 0 Å². The number of fused-ring (bicyclic) bond motifs is 2. The molecule has 0 amide bonds. The van der Waals surface area contributed by atoms with Crippen LogP contribution in [0.2, 0.25) is 5.02 Å². The molecule has 1 fully saturated rings. The summed E-state index contributed by atoms with van der Waals surface area (Å²) in [5.41, 5.74) is 6.29. The number of hydrogen-bond donors (Lipinski definition) is 1. The third-order valence-electron chi connectivity index (χ3n) is 6.53. The maximum Gasteiger partial charge on any atom is 0.237 e. The molecule has 0 saturated carbocycles. The predicted molar refractivity (Wildman–Crippen MR) is 158 cm³/mol. The maximum atomic E-state index is 6.22. The number of benzene rings is 3. The fraction of sp³-hybridized carbons (Fsp3) is 0.258. The van der Waals surface area contributed by atoms with Crippen LogP contribution in [0.15, 0.2) is 84.0 Å². The topological polar surface area (TPSA) is 73.6 Å². The van der Waals surface area contributed by atoms with Gasteiger partial charge in [0.05, 0.1) is 46.6 Å². The Kier molecular flexibility index (Phi) is 8.39. The van der Waals surface area contributed by atoms with E-state index in [2.05, 4.69) is 33.1 Å². The van der Waals surface area contributed by atoms with Crippen molar-refractivity contribution >= 4 is 34.0 Å². The summed E-state index contributed by atoms with van der Waals surface area (Å²) in [4.78, 5) is 14.5. The normalized spacial score (nSPS) is 14.2. The minimum absolute atomic E-state index is 0.181. The molecule has 0 radical (unpaired) electrons. The fourth-order valence-electron chi connectivity index (χ4n) is 4.72. The van der Waals surface area contributed by atoms with E-state index >= 15 is 0 Å². The molecule has 0 spiro atoms. The van der Waals surface area contributed by atoms with E-state index in [0.717, 1.165) is 70.9 Å². The number of methoxy groups -OCH3 is 1. The lowest BCUT2D eigenvalue weighted by atomic mass is 10.1. The van der Waals surface area contributed by atoms with Gasteiger partial charge in [-0.2, -0.15) is 0 Å². The molecule has 3 aromatic rings. The average molecular weight is 542 g/mol. The fourth-order valence-corrected chi connectivity index (χ4v) is 4.85. The van der Waals surface area contributed by atoms with Crippen LogP contribution in [0.25, 0.3) is 28.1 Å². The second-order valence-corrected chi connectivity index (χ2v) is 9.36. The van der Waals surface area contributed by atoms with Crippen molar-refractivity contribution < 1.29 is 9.47 Å². The minimum Gasteiger partial charge on any atom is -0.480 e. The van der Waals surface area contributed by atoms with Gasteiger partial charge in [0.15, 0.2) is 0 Å². The molecular formula is C31H32ClN5O2. The summed E-state index contributed by atoms with van der Waals surface area (Å²) in [6.45, 7) is 5.44. The zero-order chi connectivity index (χ0) is 27.2. The number of pyridine rings is 1. The molecule has 1 N–H and O–H groups in total. The molecule has 7 nitrogen and oxygen atoms in total. The molecule has 1 saturated heterocycles. The first-order chi connectivity index (χ1) is 19.2. The Morgan fingerprint density at radius 3 is 2.51 bits per heavy atom. The largest absolute Gasteiger partial charge is 0.480 e. The van der Waals surface area contributed by atoms with Gasteiger partial charge in [-0.1, -0.05) is 37.6 Å². The number of para-hydroxylation sites is 2. The number of nitrogens with one attached hydrogen (secondary N) is 1. The van der Waals surface area contributed by atoms with Gasteiger partial charge >= 0.3 is 0 Å². The number of halogens is 1. The van der Waals surface area contributed by atoms with Gasteiger partial charge in [-0.3, -0.25) is 4.99 Å². The molecule has 200 valence electrons. The molecule has 2 aromatic carbocycles. The summed E-state index contributed by atoms with van der Waals surface area (Å²) in [5.74, 6) is 0.516. The van der Waals surface area contributed by atoms with Crippen molar-refractivity contribution in [3.05, 3.63) is 89.4 Å². The van der Waals surface area contributed by atoms with Crippen LogP contribution in [-0.4, -0.2) is 40.9 Å². The highest BCUT2D eigenvalue weighted by atomic mass is 35.5. The van der Waals surface area contributed by atoms with Crippen molar-refractivity contribution in [2.75, 3.05) is 25.6 Å². The smallest absolute Gasteiger partial charge is 0.237 e. The molecule has 0 atom stereocenters. The summed E-state index contributed by atoms with van der Waals surface area (Å²) >= 11 is 6.22. The lowest BCUT2D eigenvalue weighted by Crippen LogP contribution is -2.23. The molecule has 8 heteroatoms. The van der Waals surface area contributed by atoms with Gasteiger partial charge in [0.25, 0.3) is 0 Å². The first-order valence-corrected chi connectivity index (χ1v) is 13.7. The van der Waals surface area contributed by atoms with Crippen LogP contribution < -0.4 is 15.4 Å². The molecule has 1 aromatic heterocycles. The predicted octanol–water partition coefficient (Wildman–Crippen LogP) is 7.04. The standard InChI is InChI=1S/C29H26ClN5O2.C2H6/c1-36-29-23(6-4-14-31-29)34-24-17-26-28(18-25(24)32-20-12-15-37-16-13-20)35(21-10-8-19(30)9-11-21)27-7-3-2-5-22(27)33-26;1-2/h2-11,14,17-18,20,34H,12-13,15-16H2,1H3;1-2H3. The zero-order valence-electron chi connectivity index (χ0n) is 22.4. The highest BCUT2D eigenvalue weighted by Crippen LogP contribution is 2.32. The summed E-state index contributed by atoms with van der Waals surface area (Å²) < 4.78 is 13.3. The summed E-state index contributed by atoms with van der Waals surface area (Å²) in [7, 11) is 1.62. The van der Waals surface area contributed by atoms with E-state index in [1.165, 1.54) is 0 Å². The van der Waals surface area contributed by atoms with Crippen LogP contribution in [0.1, 0.15) is 26.7 Å². The van der Waals surface area contributed by atoms with Crippen LogP contribution in [0, 0.1) is 0 Å². The quantitative estimate of drug-likeness (QED) is 0.242. The Hall–Kier alpha value is -3.94. The van der Waals surface area contributed by atoms with Gasteiger partial charge in [0.2, 0.25) is 5.88 Å². The van der Waals surface area contributed by atoms with Gasteiger partial charge in [-0.25, -0.2) is 9.97 Å². The van der Waals surface area contributed by atoms with Crippen molar-refractivity contribution in [2.24, 2.45) is 4.99 Å². The van der Waals surface area contributed by atoms with Gasteiger partial charge in [-0.15, -0.1) is 0 Å². The number of rotatable bonds is 5. The number of ether oxygens (including phenoxy) is 2. The van der Waals surface area contributed by atoms with Crippen LogP contribution in [-0.2, 0) is 4.74 Å². The van der Waals surface area contributed by atoms with Crippen LogP contribution >= 0.6 is 11.6 Å². The zero-order valence-corrected chi connectivity index (χ0v) is 23.2. The Morgan fingerprint density at radius 2 is 1.74 bits per heavy atom. The Bertz CT molecular complexity index is 1590. The summed E-state index contributed by atoms with van der Waals surface area (Å²) in [6, 6.07) is 24.2. The van der Waals surface area contributed by atoms with Crippen molar-refractivity contribution in [2.45, 2.75) is 32.7 Å². The molecule has 6 rings (SSSR count). The molecular weight excluding hydrogens is 510 g/mol. The molecule has 2 aliphatic heterocycles. The molecule has 39 heavy (non-hydrogen) atoms. The number of aromatic nitrogens is 3. The minimum atomic E-state index is 0.181. The summed E-state index contributed by atoms with van der Waals surface area (Å²) in [5, 5.41) is 5.05. The van der Waals surface area contributed by atoms with E-state index < -0.39 is 0 Å². The number of hydrogen-bond acceptors (Lipinski definition) is 6. The molecule has 3 aliphatic rings. The third kappa shape index (κ3) is 5.75. The highest BCUT2D eigenvalue weighted by Gasteiger charge is 2.19. The number of nitrogens with zero attached hydrogens (tertiary/aromatic N) is 4. The monoisotopic (exact) mass is 541 g/mol. The Morgan fingerprint density at radius 1 is 0.974 bits per heavy atom. The van der Waals surface area contributed by atoms with Gasteiger partial charge < -0.3 is 19.4 Å². The van der Waals surface area contributed by atoms with E-state index in [4.69, 9.17) is 31.1 Å². The molecule has 0 bridgehead atoms. The van der Waals surface area contributed by atoms with E-state index in [0.29, 0.717) is 10.9 Å². The van der Waals surface area contributed by atoms with Crippen LogP contribution in [0.4, 0.5) is 11.4 Å². The Balaban J connectivity index is 0.00000151. The first kappa shape index (κ1) is 26.7. The average Bonchev–Trinajstić information content (AvgIpc) is 2.99. The van der Waals surface area contributed by atoms with Gasteiger partial charge in [0.1, 0.15) is 5.69 Å². The SMILES string of the molecule is CC.COc1ncccc1Nc1cc2nc3ccccc3n(-c3ccc(Cl)cc3)c-2cc1=NC1CCOCC1. The van der Waals surface area contributed by atoms with Gasteiger partial charge in [0, 0.05) is 30.1 Å². The second-order valence-electron chi connectivity index (χ2n) is 8.93. The molecule has 0 unspecified atom stereocenters.